The van der Waals surface area contributed by atoms with Crippen molar-refractivity contribution < 1.29 is 26.4 Å². The molecule has 0 saturated carbocycles. The zero-order valence-electron chi connectivity index (χ0n) is 21.6. The molecule has 5 rings (SSSR count). The average Bonchev–Trinajstić information content (AvgIpc) is 3.31. The van der Waals surface area contributed by atoms with Gasteiger partial charge in [0, 0.05) is 44.3 Å². The molecule has 1 aromatic carbocycles. The number of alkyl halides is 3. The van der Waals surface area contributed by atoms with E-state index >= 15 is 0 Å². The second kappa shape index (κ2) is 11.9. The predicted molar refractivity (Wildman–Crippen MR) is 151 cm³/mol. The number of rotatable bonds is 6. The van der Waals surface area contributed by atoms with E-state index in [4.69, 9.17) is 11.6 Å². The highest BCUT2D eigenvalue weighted by Gasteiger charge is 2.40. The molecular formula is C25H30ClF3N6O3S2. The van der Waals surface area contributed by atoms with E-state index < -0.39 is 22.8 Å². The lowest BCUT2D eigenvalue weighted by Gasteiger charge is -2.39. The molecule has 0 aromatic heterocycles. The molecule has 0 radical (unpaired) electrons. The van der Waals surface area contributed by atoms with E-state index in [0.29, 0.717) is 61.4 Å². The molecule has 2 atom stereocenters. The fourth-order valence-electron chi connectivity index (χ4n) is 5.24. The molecule has 218 valence electrons. The molecule has 4 aliphatic heterocycles. The zero-order chi connectivity index (χ0) is 28.5. The van der Waals surface area contributed by atoms with E-state index in [0.717, 1.165) is 31.0 Å². The lowest BCUT2D eigenvalue weighted by Crippen LogP contribution is -2.53. The third-order valence-electron chi connectivity index (χ3n) is 7.27. The Bertz CT molecular complexity index is 1320. The van der Waals surface area contributed by atoms with Crippen LogP contribution in [0.3, 0.4) is 0 Å². The molecule has 1 N–H and O–H groups in total. The highest BCUT2D eigenvalue weighted by Crippen LogP contribution is 2.44. The summed E-state index contributed by atoms with van der Waals surface area (Å²) in [4.78, 5) is 25.7. The third-order valence-corrected chi connectivity index (χ3v) is 10.4. The number of nitrogens with one attached hydrogen (secondary N) is 1. The van der Waals surface area contributed by atoms with Crippen molar-refractivity contribution in [2.45, 2.75) is 43.7 Å². The maximum absolute atomic E-state index is 13.0. The normalized spacial score (nSPS) is 24.0. The molecule has 0 spiro atoms. The van der Waals surface area contributed by atoms with Crippen molar-refractivity contribution in [3.05, 3.63) is 39.8 Å². The van der Waals surface area contributed by atoms with Crippen LogP contribution in [0.2, 0.25) is 5.02 Å². The van der Waals surface area contributed by atoms with E-state index in [2.05, 4.69) is 14.7 Å². The number of carbonyl (C=O) groups is 1. The number of piperazine rings is 1. The molecule has 1 amide bonds. The number of hydrogen-bond acceptors (Lipinski definition) is 7. The lowest BCUT2D eigenvalue weighted by atomic mass is 10.0. The van der Waals surface area contributed by atoms with Gasteiger partial charge in [-0.15, -0.1) is 11.8 Å². The Morgan fingerprint density at radius 2 is 1.82 bits per heavy atom. The quantitative estimate of drug-likeness (QED) is 0.517. The minimum absolute atomic E-state index is 0.0659. The van der Waals surface area contributed by atoms with Gasteiger partial charge in [0.2, 0.25) is 5.91 Å². The van der Waals surface area contributed by atoms with Crippen LogP contribution in [0.5, 0.6) is 0 Å². The maximum Gasteiger partial charge on any atom is 0.393 e. The molecule has 40 heavy (non-hydrogen) atoms. The van der Waals surface area contributed by atoms with E-state index in [9.17, 15) is 26.4 Å². The number of amides is 1. The molecule has 2 unspecified atom stereocenters. The Morgan fingerprint density at radius 3 is 2.50 bits per heavy atom. The van der Waals surface area contributed by atoms with Crippen LogP contribution in [0.1, 0.15) is 31.2 Å². The van der Waals surface area contributed by atoms with Gasteiger partial charge < -0.3 is 9.80 Å². The van der Waals surface area contributed by atoms with Crippen LogP contribution >= 0.6 is 23.4 Å². The first-order valence-electron chi connectivity index (χ1n) is 13.1. The van der Waals surface area contributed by atoms with Crippen LogP contribution in [0, 0.1) is 5.92 Å². The first-order chi connectivity index (χ1) is 19.0. The summed E-state index contributed by atoms with van der Waals surface area (Å²) in [5.74, 6) is 0.249. The van der Waals surface area contributed by atoms with E-state index in [1.54, 1.807) is 23.1 Å². The average molecular weight is 619 g/mol. The van der Waals surface area contributed by atoms with Gasteiger partial charge in [0.25, 0.3) is 0 Å². The molecule has 2 saturated heterocycles. The Kier molecular flexibility index (Phi) is 8.69. The number of thioether (sulfide) groups is 1. The predicted octanol–water partition coefficient (Wildman–Crippen LogP) is 4.14. The molecule has 1 aromatic rings. The van der Waals surface area contributed by atoms with Gasteiger partial charge in [-0.1, -0.05) is 30.2 Å². The zero-order valence-corrected chi connectivity index (χ0v) is 24.0. The van der Waals surface area contributed by atoms with Crippen LogP contribution in [-0.4, -0.2) is 91.4 Å². The van der Waals surface area contributed by atoms with Crippen LogP contribution in [-0.2, 0) is 21.4 Å². The Balaban J connectivity index is 1.15. The minimum Gasteiger partial charge on any atom is -0.356 e. The van der Waals surface area contributed by atoms with Gasteiger partial charge >= 0.3 is 16.4 Å². The number of anilines is 1. The number of allylic oxidation sites excluding steroid dienone is 1. The topological polar surface area (TPSA) is 97.7 Å². The standard InChI is InChI=1S/C25H30ClF3N6O3S2/c26-21-13-18(32-40(37,38)35-6-2-1-3-7-35)5-4-17(21)12-22(36)33-8-10-34(11-9-33)23-20-14-19(15-25(27,28)29)39-24(20)31-16-30-23/h4-5,13-14,16,20,24,32H,1-3,6-12,15H2. The maximum atomic E-state index is 13.0. The Hall–Kier alpha value is -2.29. The summed E-state index contributed by atoms with van der Waals surface area (Å²) in [5.41, 5.74) is 0.934. The second-order valence-electron chi connectivity index (χ2n) is 10.1. The first-order valence-corrected chi connectivity index (χ1v) is 15.8. The lowest BCUT2D eigenvalue weighted by molar-refractivity contribution is -0.131. The molecule has 9 nitrogen and oxygen atoms in total. The summed E-state index contributed by atoms with van der Waals surface area (Å²) >= 11 is 7.55. The van der Waals surface area contributed by atoms with Crippen molar-refractivity contribution in [1.82, 2.24) is 14.1 Å². The number of aliphatic imine (C=N–C) groups is 2. The van der Waals surface area contributed by atoms with Gasteiger partial charge in [-0.05, 0) is 35.4 Å². The fraction of sp³-hybridized carbons (Fsp3) is 0.560. The molecule has 2 fully saturated rings. The smallest absolute Gasteiger partial charge is 0.356 e. The first kappa shape index (κ1) is 29.2. The number of nitrogens with zero attached hydrogens (tertiary/aromatic N) is 5. The van der Waals surface area contributed by atoms with E-state index in [1.165, 1.54) is 16.7 Å². The monoisotopic (exact) mass is 618 g/mol. The number of carbonyl (C=O) groups excluding carboxylic acids is 1. The van der Waals surface area contributed by atoms with Gasteiger partial charge in [-0.2, -0.15) is 25.9 Å². The second-order valence-corrected chi connectivity index (χ2v) is 13.4. The molecule has 4 heterocycles. The largest absolute Gasteiger partial charge is 0.393 e. The van der Waals surface area contributed by atoms with Gasteiger partial charge in [-0.3, -0.25) is 14.5 Å². The van der Waals surface area contributed by atoms with Crippen LogP contribution in [0.15, 0.2) is 39.2 Å². The van der Waals surface area contributed by atoms with E-state index in [1.807, 2.05) is 4.90 Å². The van der Waals surface area contributed by atoms with Crippen molar-refractivity contribution in [1.29, 1.82) is 0 Å². The SMILES string of the molecule is O=C(Cc1ccc(NS(=O)(=O)N2CCCCC2)cc1Cl)N1CCN(C2=NC=NC3SC(CC(F)(F)F)=CC23)CC1. The number of benzene rings is 1. The van der Waals surface area contributed by atoms with Gasteiger partial charge in [0.1, 0.15) is 17.5 Å². The van der Waals surface area contributed by atoms with Gasteiger partial charge in [-0.25, -0.2) is 4.99 Å². The number of hydrogen-bond donors (Lipinski definition) is 1. The summed E-state index contributed by atoms with van der Waals surface area (Å²) in [5, 5.41) is -0.0492. The Morgan fingerprint density at radius 1 is 1.10 bits per heavy atom. The van der Waals surface area contributed by atoms with Crippen LogP contribution in [0.4, 0.5) is 18.9 Å². The summed E-state index contributed by atoms with van der Waals surface area (Å²) < 4.78 is 68.0. The van der Waals surface area contributed by atoms with Crippen molar-refractivity contribution in [2.75, 3.05) is 44.0 Å². The number of piperidine rings is 1. The Labute approximate surface area is 240 Å². The fourth-order valence-corrected chi connectivity index (χ4v) is 8.03. The van der Waals surface area contributed by atoms with Crippen molar-refractivity contribution in [3.8, 4) is 0 Å². The summed E-state index contributed by atoms with van der Waals surface area (Å²) in [6.45, 7) is 2.84. The molecular weight excluding hydrogens is 589 g/mol. The molecule has 4 aliphatic rings. The number of amidine groups is 1. The van der Waals surface area contributed by atoms with Crippen LogP contribution < -0.4 is 4.72 Å². The van der Waals surface area contributed by atoms with E-state index in [-0.39, 0.29) is 28.5 Å². The highest BCUT2D eigenvalue weighted by molar-refractivity contribution is 8.04. The summed E-state index contributed by atoms with van der Waals surface area (Å²) in [6, 6.07) is 4.78. The van der Waals surface area contributed by atoms with Crippen molar-refractivity contribution in [3.63, 3.8) is 0 Å². The van der Waals surface area contributed by atoms with Gasteiger partial charge in [0.05, 0.1) is 24.4 Å². The van der Waals surface area contributed by atoms with Crippen molar-refractivity contribution >= 4 is 57.3 Å². The van der Waals surface area contributed by atoms with Crippen LogP contribution in [0.25, 0.3) is 0 Å². The number of fused-ring (bicyclic) bond motifs is 1. The number of halogens is 4. The van der Waals surface area contributed by atoms with Gasteiger partial charge in [0.15, 0.2) is 0 Å². The highest BCUT2D eigenvalue weighted by atomic mass is 35.5. The third kappa shape index (κ3) is 6.94. The van der Waals surface area contributed by atoms with Crippen molar-refractivity contribution in [2.24, 2.45) is 15.9 Å². The minimum atomic E-state index is -4.27. The summed E-state index contributed by atoms with van der Waals surface area (Å²) in [6.07, 6.45) is 0.531. The molecule has 15 heteroatoms. The molecule has 0 aliphatic carbocycles. The molecule has 0 bridgehead atoms. The summed E-state index contributed by atoms with van der Waals surface area (Å²) in [7, 11) is -3.67.